The Bertz CT molecular complexity index is 956. The lowest BCUT2D eigenvalue weighted by molar-refractivity contribution is -0.144. The molecule has 2 heterocycles. The molecule has 1 aliphatic rings. The number of para-hydroxylation sites is 1. The smallest absolute Gasteiger partial charge is 0.312 e. The Kier molecular flexibility index (Phi) is 4.87. The number of likely N-dealkylation sites (tertiary alicyclic amines) is 1. The molecule has 0 atom stereocenters. The van der Waals surface area contributed by atoms with Gasteiger partial charge in [0.1, 0.15) is 12.3 Å². The van der Waals surface area contributed by atoms with E-state index < -0.39 is 0 Å². The fraction of sp³-hybridized carbons (Fsp3) is 0.286. The molecule has 1 aliphatic heterocycles. The molecular weight excluding hydrogens is 344 g/mol. The van der Waals surface area contributed by atoms with Crippen molar-refractivity contribution in [3.8, 4) is 0 Å². The Morgan fingerprint density at radius 1 is 1.04 bits per heavy atom. The van der Waals surface area contributed by atoms with Gasteiger partial charge in [-0.1, -0.05) is 29.4 Å². The Labute approximate surface area is 156 Å². The van der Waals surface area contributed by atoms with E-state index in [0.717, 1.165) is 36.9 Å². The maximum Gasteiger partial charge on any atom is 0.312 e. The third-order valence-electron chi connectivity index (χ3n) is 4.76. The molecule has 0 unspecified atom stereocenters. The van der Waals surface area contributed by atoms with Crippen LogP contribution in [0.3, 0.4) is 0 Å². The molecule has 0 N–H and O–H groups in total. The highest BCUT2D eigenvalue weighted by atomic mass is 16.5. The van der Waals surface area contributed by atoms with Crippen LogP contribution in [0, 0.1) is 0 Å². The fourth-order valence-electron chi connectivity index (χ4n) is 3.26. The first-order valence-electron chi connectivity index (χ1n) is 9.08. The average Bonchev–Trinajstić information content (AvgIpc) is 3.37. The highest BCUT2D eigenvalue weighted by Gasteiger charge is 2.19. The van der Waals surface area contributed by atoms with E-state index in [-0.39, 0.29) is 24.9 Å². The fourth-order valence-corrected chi connectivity index (χ4v) is 3.26. The van der Waals surface area contributed by atoms with Crippen LogP contribution in [0.5, 0.6) is 0 Å². The molecule has 1 amide bonds. The first-order valence-corrected chi connectivity index (χ1v) is 9.08. The van der Waals surface area contributed by atoms with Crippen LogP contribution in [-0.2, 0) is 22.6 Å². The van der Waals surface area contributed by atoms with Crippen molar-refractivity contribution in [3.05, 3.63) is 65.4 Å². The Morgan fingerprint density at radius 3 is 2.56 bits per heavy atom. The van der Waals surface area contributed by atoms with E-state index in [0.29, 0.717) is 16.8 Å². The number of hydrogen-bond acceptors (Lipinski definition) is 5. The molecule has 138 valence electrons. The lowest BCUT2D eigenvalue weighted by atomic mass is 10.1. The SMILES string of the molecule is O=C(Cc1noc2ccccc12)OCc1ccc(C(=O)N2CCCC2)cc1. The molecule has 0 spiro atoms. The predicted octanol–water partition coefficient (Wildman–Crippen LogP) is 3.35. The number of fused-ring (bicyclic) bond motifs is 1. The summed E-state index contributed by atoms with van der Waals surface area (Å²) in [5.74, 6) is -0.305. The van der Waals surface area contributed by atoms with Crippen LogP contribution in [0.1, 0.15) is 34.5 Å². The van der Waals surface area contributed by atoms with Gasteiger partial charge in [-0.3, -0.25) is 9.59 Å². The van der Waals surface area contributed by atoms with E-state index in [1.807, 2.05) is 41.3 Å². The summed E-state index contributed by atoms with van der Waals surface area (Å²) in [6, 6.07) is 14.6. The minimum Gasteiger partial charge on any atom is -0.461 e. The molecule has 1 saturated heterocycles. The Morgan fingerprint density at radius 2 is 1.78 bits per heavy atom. The number of nitrogens with zero attached hydrogens (tertiary/aromatic N) is 2. The van der Waals surface area contributed by atoms with Crippen molar-refractivity contribution in [2.75, 3.05) is 13.1 Å². The molecule has 3 aromatic rings. The summed E-state index contributed by atoms with van der Waals surface area (Å²) in [6.07, 6.45) is 2.20. The van der Waals surface area contributed by atoms with Crippen molar-refractivity contribution < 1.29 is 18.8 Å². The van der Waals surface area contributed by atoms with E-state index in [4.69, 9.17) is 9.26 Å². The van der Waals surface area contributed by atoms with Crippen molar-refractivity contribution in [1.29, 1.82) is 0 Å². The van der Waals surface area contributed by atoms with Gasteiger partial charge < -0.3 is 14.2 Å². The van der Waals surface area contributed by atoms with Crippen molar-refractivity contribution in [3.63, 3.8) is 0 Å². The van der Waals surface area contributed by atoms with Gasteiger partial charge in [0.15, 0.2) is 5.58 Å². The lowest BCUT2D eigenvalue weighted by Gasteiger charge is -2.15. The largest absolute Gasteiger partial charge is 0.461 e. The van der Waals surface area contributed by atoms with Crippen LogP contribution in [0.4, 0.5) is 0 Å². The summed E-state index contributed by atoms with van der Waals surface area (Å²) in [7, 11) is 0. The molecule has 6 heteroatoms. The third kappa shape index (κ3) is 3.84. The first kappa shape index (κ1) is 17.3. The first-order chi connectivity index (χ1) is 13.2. The van der Waals surface area contributed by atoms with Crippen molar-refractivity contribution >= 4 is 22.8 Å². The average molecular weight is 364 g/mol. The maximum absolute atomic E-state index is 12.3. The van der Waals surface area contributed by atoms with Crippen LogP contribution in [0.15, 0.2) is 53.1 Å². The van der Waals surface area contributed by atoms with Crippen LogP contribution < -0.4 is 0 Å². The monoisotopic (exact) mass is 364 g/mol. The zero-order chi connectivity index (χ0) is 18.6. The van der Waals surface area contributed by atoms with Gasteiger partial charge in [0.2, 0.25) is 0 Å². The van der Waals surface area contributed by atoms with Crippen LogP contribution in [0.25, 0.3) is 11.0 Å². The number of esters is 1. The van der Waals surface area contributed by atoms with Gasteiger partial charge in [-0.25, -0.2) is 0 Å². The summed E-state index contributed by atoms with van der Waals surface area (Å²) >= 11 is 0. The summed E-state index contributed by atoms with van der Waals surface area (Å²) in [5.41, 5.74) is 2.73. The number of amides is 1. The van der Waals surface area contributed by atoms with Gasteiger partial charge in [0, 0.05) is 24.0 Å². The predicted molar refractivity (Wildman–Crippen MR) is 99.1 cm³/mol. The zero-order valence-electron chi connectivity index (χ0n) is 14.9. The van der Waals surface area contributed by atoms with E-state index in [1.165, 1.54) is 0 Å². The molecule has 1 fully saturated rings. The van der Waals surface area contributed by atoms with Crippen LogP contribution in [-0.4, -0.2) is 35.0 Å². The molecule has 0 bridgehead atoms. The standard InChI is InChI=1S/C21H20N2O4/c24-20(13-18-17-5-1-2-6-19(17)27-22-18)26-14-15-7-9-16(10-8-15)21(25)23-11-3-4-12-23/h1-2,5-10H,3-4,11-14H2. The lowest BCUT2D eigenvalue weighted by Crippen LogP contribution is -2.27. The van der Waals surface area contributed by atoms with E-state index >= 15 is 0 Å². The Hall–Kier alpha value is -3.15. The van der Waals surface area contributed by atoms with Crippen LogP contribution >= 0.6 is 0 Å². The molecule has 1 aromatic heterocycles. The summed E-state index contributed by atoms with van der Waals surface area (Å²) in [6.45, 7) is 1.82. The Balaban J connectivity index is 1.33. The van der Waals surface area contributed by atoms with Crippen molar-refractivity contribution in [2.45, 2.75) is 25.9 Å². The van der Waals surface area contributed by atoms with Crippen molar-refractivity contribution in [1.82, 2.24) is 10.1 Å². The molecule has 2 aromatic carbocycles. The topological polar surface area (TPSA) is 72.6 Å². The van der Waals surface area contributed by atoms with Gasteiger partial charge in [-0.15, -0.1) is 0 Å². The normalized spacial score (nSPS) is 13.9. The summed E-state index contributed by atoms with van der Waals surface area (Å²) in [5, 5.41) is 4.76. The van der Waals surface area contributed by atoms with E-state index in [1.54, 1.807) is 12.1 Å². The van der Waals surface area contributed by atoms with Crippen molar-refractivity contribution in [2.24, 2.45) is 0 Å². The van der Waals surface area contributed by atoms with Gasteiger partial charge in [0.25, 0.3) is 5.91 Å². The minimum absolute atomic E-state index is 0.0581. The van der Waals surface area contributed by atoms with Gasteiger partial charge in [-0.2, -0.15) is 0 Å². The quantitative estimate of drug-likeness (QED) is 0.649. The third-order valence-corrected chi connectivity index (χ3v) is 4.76. The molecule has 4 rings (SSSR count). The number of rotatable bonds is 5. The molecule has 6 nitrogen and oxygen atoms in total. The zero-order valence-corrected chi connectivity index (χ0v) is 14.9. The van der Waals surface area contributed by atoms with Crippen LogP contribution in [0.2, 0.25) is 0 Å². The molecule has 0 saturated carbocycles. The molecular formula is C21H20N2O4. The number of ether oxygens (including phenoxy) is 1. The number of benzene rings is 2. The summed E-state index contributed by atoms with van der Waals surface area (Å²) < 4.78 is 10.5. The van der Waals surface area contributed by atoms with E-state index in [9.17, 15) is 9.59 Å². The van der Waals surface area contributed by atoms with Gasteiger partial charge >= 0.3 is 5.97 Å². The minimum atomic E-state index is -0.369. The van der Waals surface area contributed by atoms with Gasteiger partial charge in [-0.05, 0) is 42.7 Å². The maximum atomic E-state index is 12.3. The number of carbonyl (C=O) groups excluding carboxylic acids is 2. The molecule has 0 radical (unpaired) electrons. The number of hydrogen-bond donors (Lipinski definition) is 0. The molecule has 0 aliphatic carbocycles. The molecule has 27 heavy (non-hydrogen) atoms. The second-order valence-corrected chi connectivity index (χ2v) is 6.66. The highest BCUT2D eigenvalue weighted by molar-refractivity contribution is 5.94. The summed E-state index contributed by atoms with van der Waals surface area (Å²) in [4.78, 5) is 26.3. The highest BCUT2D eigenvalue weighted by Crippen LogP contribution is 2.19. The number of aromatic nitrogens is 1. The second kappa shape index (κ2) is 7.61. The van der Waals surface area contributed by atoms with Gasteiger partial charge in [0.05, 0.1) is 6.42 Å². The second-order valence-electron chi connectivity index (χ2n) is 6.66. The number of carbonyl (C=O) groups is 2. The van der Waals surface area contributed by atoms with E-state index in [2.05, 4.69) is 5.16 Å².